The fraction of sp³-hybridized carbons (Fsp3) is 0.231. The molecule has 0 bridgehead atoms. The van der Waals surface area contributed by atoms with Gasteiger partial charge in [-0.25, -0.2) is 9.97 Å². The van der Waals surface area contributed by atoms with Crippen molar-refractivity contribution in [2.75, 3.05) is 63.2 Å². The van der Waals surface area contributed by atoms with Crippen molar-refractivity contribution in [2.24, 2.45) is 0 Å². The van der Waals surface area contributed by atoms with Gasteiger partial charge in [-0.2, -0.15) is 9.97 Å². The number of nitrogens with two attached hydrogens (primary N) is 3. The summed E-state index contributed by atoms with van der Waals surface area (Å²) in [5.74, 6) is 2.11. The van der Waals surface area contributed by atoms with Crippen molar-refractivity contribution in [3.8, 4) is 11.5 Å². The van der Waals surface area contributed by atoms with Crippen LogP contribution in [-0.4, -0.2) is 60.6 Å². The van der Waals surface area contributed by atoms with E-state index in [2.05, 4.69) is 70.4 Å². The lowest BCUT2D eigenvalue weighted by atomic mass is 10.3. The lowest BCUT2D eigenvalue weighted by molar-refractivity contribution is 0.146. The van der Waals surface area contributed by atoms with Gasteiger partial charge < -0.3 is 41.5 Å². The molecule has 4 rings (SSSR count). The number of benzene rings is 2. The van der Waals surface area contributed by atoms with Crippen molar-refractivity contribution in [3.05, 3.63) is 71.1 Å². The van der Waals surface area contributed by atoms with Crippen molar-refractivity contribution in [2.45, 2.75) is 0 Å². The molecule has 0 aliphatic heterocycles. The van der Waals surface area contributed by atoms with Gasteiger partial charge in [0.25, 0.3) is 0 Å². The normalized spacial score (nSPS) is 10.1. The van der Waals surface area contributed by atoms with Crippen LogP contribution in [0.25, 0.3) is 0 Å². The van der Waals surface area contributed by atoms with Crippen LogP contribution in [0.2, 0.25) is 15.2 Å². The number of methoxy groups -OCH3 is 2. The van der Waals surface area contributed by atoms with Crippen molar-refractivity contribution >= 4 is 109 Å². The number of halogens is 5. The fourth-order valence-electron chi connectivity index (χ4n) is 2.80. The molecule has 0 unspecified atom stereocenters. The number of aromatic nitrogens is 4. The quantitative estimate of drug-likeness (QED) is 0.0602. The van der Waals surface area contributed by atoms with Crippen molar-refractivity contribution < 1.29 is 18.9 Å². The summed E-state index contributed by atoms with van der Waals surface area (Å²) in [4.78, 5) is 15.1. The average Bonchev–Trinajstić information content (AvgIpc) is 2.96. The number of anilines is 5. The maximum absolute atomic E-state index is 6.06. The molecule has 2 aromatic carbocycles. The second-order valence-electron chi connectivity index (χ2n) is 7.92. The predicted octanol–water partition coefficient (Wildman–Crippen LogP) is 6.35. The van der Waals surface area contributed by atoms with Crippen molar-refractivity contribution in [1.29, 1.82) is 0 Å². The van der Waals surface area contributed by atoms with Gasteiger partial charge in [0.2, 0.25) is 11.9 Å². The molecule has 0 saturated carbocycles. The first-order valence-electron chi connectivity index (χ1n) is 12.1. The van der Waals surface area contributed by atoms with Gasteiger partial charge in [-0.1, -0.05) is 34.8 Å². The molecule has 0 amide bonds. The molecule has 2 aromatic heterocycles. The standard InChI is InChI=1S/C13H14ClIN4O2.C9H12INO2.C4H3Cl2N3/c1-20-4-5-21-11-3-2-8(15)6-10(11)18-12-9(14)7-17-13(16)19-12;1-12-4-5-13-9-3-2-7(10)6-8(9)11;5-2-1-8-4(7)9-3(2)6/h2-3,6-7H,4-5H2,1H3,(H3,16,17,18,19);2-3,6H,4-5,11H2,1H3;1H,(H2,7,8,9). The number of nitrogens with one attached hydrogen (secondary N) is 1. The second-order valence-corrected chi connectivity index (χ2v) is 11.6. The first-order chi connectivity index (χ1) is 20.5. The van der Waals surface area contributed by atoms with Crippen LogP contribution in [0, 0.1) is 7.14 Å². The highest BCUT2D eigenvalue weighted by molar-refractivity contribution is 14.1. The first-order valence-corrected chi connectivity index (χ1v) is 15.4. The molecule has 12 nitrogen and oxygen atoms in total. The van der Waals surface area contributed by atoms with E-state index in [-0.39, 0.29) is 17.0 Å². The molecule has 0 spiro atoms. The van der Waals surface area contributed by atoms with Gasteiger partial charge in [0, 0.05) is 21.4 Å². The Balaban J connectivity index is 0.000000249. The minimum atomic E-state index is 0.129. The van der Waals surface area contributed by atoms with Gasteiger partial charge in [-0.15, -0.1) is 0 Å². The molecule has 0 saturated heterocycles. The predicted molar refractivity (Wildman–Crippen MR) is 189 cm³/mol. The summed E-state index contributed by atoms with van der Waals surface area (Å²) < 4.78 is 23.0. The van der Waals surface area contributed by atoms with Crippen LogP contribution in [0.4, 0.5) is 29.1 Å². The van der Waals surface area contributed by atoms with E-state index >= 15 is 0 Å². The summed E-state index contributed by atoms with van der Waals surface area (Å²) in [7, 11) is 3.26. The molecule has 4 aromatic rings. The highest BCUT2D eigenvalue weighted by atomic mass is 127. The second kappa shape index (κ2) is 19.8. The van der Waals surface area contributed by atoms with E-state index in [9.17, 15) is 0 Å². The maximum Gasteiger partial charge on any atom is 0.222 e. The zero-order valence-electron chi connectivity index (χ0n) is 23.0. The number of ether oxygens (including phenoxy) is 4. The zero-order chi connectivity index (χ0) is 31.8. The fourth-order valence-corrected chi connectivity index (χ4v) is 4.17. The summed E-state index contributed by atoms with van der Waals surface area (Å²) in [5, 5.41) is 3.99. The highest BCUT2D eigenvalue weighted by Crippen LogP contribution is 2.31. The van der Waals surface area contributed by atoms with Crippen LogP contribution in [0.1, 0.15) is 0 Å². The molecular weight excluding hydrogens is 849 g/mol. The van der Waals surface area contributed by atoms with Crippen LogP contribution in [0.5, 0.6) is 11.5 Å². The van der Waals surface area contributed by atoms with Crippen LogP contribution in [0.15, 0.2) is 48.8 Å². The van der Waals surface area contributed by atoms with Gasteiger partial charge in [0.1, 0.15) is 29.7 Å². The van der Waals surface area contributed by atoms with E-state index in [0.29, 0.717) is 53.7 Å². The van der Waals surface area contributed by atoms with E-state index in [1.807, 2.05) is 36.4 Å². The van der Waals surface area contributed by atoms with E-state index in [0.717, 1.165) is 18.6 Å². The first kappa shape index (κ1) is 36.8. The Labute approximate surface area is 291 Å². The SMILES string of the molecule is COCCOc1ccc(I)cc1N.COCCOc1ccc(I)cc1Nc1nc(N)ncc1Cl.Nc1ncc(Cl)c(Cl)n1. The van der Waals surface area contributed by atoms with Crippen molar-refractivity contribution in [3.63, 3.8) is 0 Å². The lowest BCUT2D eigenvalue weighted by Crippen LogP contribution is -2.07. The van der Waals surface area contributed by atoms with Crippen LogP contribution < -0.4 is 32.0 Å². The Kier molecular flexibility index (Phi) is 17.0. The molecule has 2 heterocycles. The Morgan fingerprint density at radius 2 is 1.26 bits per heavy atom. The highest BCUT2D eigenvalue weighted by Gasteiger charge is 2.10. The van der Waals surface area contributed by atoms with Crippen molar-refractivity contribution in [1.82, 2.24) is 19.9 Å². The number of rotatable bonds is 10. The van der Waals surface area contributed by atoms with Gasteiger partial charge in [0.15, 0.2) is 11.0 Å². The molecule has 17 heteroatoms. The molecule has 0 aliphatic carbocycles. The summed E-state index contributed by atoms with van der Waals surface area (Å²) in [6.07, 6.45) is 2.80. The number of nitrogens with zero attached hydrogens (tertiary/aromatic N) is 4. The van der Waals surface area contributed by atoms with E-state index in [1.54, 1.807) is 14.2 Å². The molecular formula is C26H29Cl3I2N8O4. The summed E-state index contributed by atoms with van der Waals surface area (Å²) in [5.41, 5.74) is 17.9. The molecule has 0 aliphatic rings. The Morgan fingerprint density at radius 3 is 1.81 bits per heavy atom. The minimum absolute atomic E-state index is 0.129. The third kappa shape index (κ3) is 13.9. The molecule has 0 atom stereocenters. The molecule has 232 valence electrons. The van der Waals surface area contributed by atoms with E-state index in [4.69, 9.17) is 71.0 Å². The number of nitrogen functional groups attached to an aromatic ring is 3. The van der Waals surface area contributed by atoms with Gasteiger partial charge >= 0.3 is 0 Å². The zero-order valence-corrected chi connectivity index (χ0v) is 29.6. The van der Waals surface area contributed by atoms with Gasteiger partial charge in [-0.3, -0.25) is 0 Å². The number of hydrogen-bond donors (Lipinski definition) is 4. The monoisotopic (exact) mass is 876 g/mol. The largest absolute Gasteiger partial charge is 0.489 e. The molecule has 0 fully saturated rings. The third-order valence-electron chi connectivity index (χ3n) is 4.74. The Hall–Kier alpha value is -2.35. The van der Waals surface area contributed by atoms with Crippen LogP contribution >= 0.6 is 80.0 Å². The van der Waals surface area contributed by atoms with E-state index in [1.165, 1.54) is 12.4 Å². The summed E-state index contributed by atoms with van der Waals surface area (Å²) in [6.45, 7) is 2.06. The Morgan fingerprint density at radius 1 is 0.721 bits per heavy atom. The summed E-state index contributed by atoms with van der Waals surface area (Å²) >= 11 is 21.4. The minimum Gasteiger partial charge on any atom is -0.489 e. The molecule has 43 heavy (non-hydrogen) atoms. The van der Waals surface area contributed by atoms with E-state index < -0.39 is 0 Å². The lowest BCUT2D eigenvalue weighted by Gasteiger charge is -2.14. The average molecular weight is 878 g/mol. The topological polar surface area (TPSA) is 179 Å². The third-order valence-corrected chi connectivity index (χ3v) is 7.02. The molecule has 0 radical (unpaired) electrons. The Bertz CT molecular complexity index is 1460. The van der Waals surface area contributed by atoms with Gasteiger partial charge in [-0.05, 0) is 81.6 Å². The van der Waals surface area contributed by atoms with Gasteiger partial charge in [0.05, 0.1) is 42.0 Å². The number of hydrogen-bond acceptors (Lipinski definition) is 12. The smallest absolute Gasteiger partial charge is 0.222 e. The summed E-state index contributed by atoms with van der Waals surface area (Å²) in [6, 6.07) is 11.5. The molecule has 7 N–H and O–H groups in total. The van der Waals surface area contributed by atoms with Crippen LogP contribution in [0.3, 0.4) is 0 Å². The van der Waals surface area contributed by atoms with Crippen LogP contribution in [-0.2, 0) is 9.47 Å². The maximum atomic E-state index is 6.06.